The maximum Gasteiger partial charge on any atom is 0.242 e. The smallest absolute Gasteiger partial charge is 0.242 e. The lowest BCUT2D eigenvalue weighted by molar-refractivity contribution is 0.319. The summed E-state index contributed by atoms with van der Waals surface area (Å²) in [5.41, 5.74) is 1.39. The van der Waals surface area contributed by atoms with Crippen LogP contribution >= 0.6 is 11.8 Å². The van der Waals surface area contributed by atoms with Crippen molar-refractivity contribution in [3.05, 3.63) is 29.9 Å². The van der Waals surface area contributed by atoms with Gasteiger partial charge in [0.15, 0.2) is 11.0 Å². The van der Waals surface area contributed by atoms with Crippen LogP contribution in [0.2, 0.25) is 0 Å². The van der Waals surface area contributed by atoms with E-state index in [0.29, 0.717) is 23.0 Å². The molecule has 2 aromatic heterocycles. The Morgan fingerprint density at radius 3 is 2.53 bits per heavy atom. The van der Waals surface area contributed by atoms with E-state index >= 15 is 0 Å². The Balaban J connectivity index is 1.93. The molecule has 0 aliphatic heterocycles. The topological polar surface area (TPSA) is 94.1 Å². The van der Waals surface area contributed by atoms with E-state index in [9.17, 15) is 8.42 Å². The molecule has 0 amide bonds. The van der Waals surface area contributed by atoms with E-state index < -0.39 is 10.0 Å². The number of aryl methyl sites for hydroxylation is 1. The minimum absolute atomic E-state index is 0.196. The van der Waals surface area contributed by atoms with Gasteiger partial charge in [-0.05, 0) is 24.6 Å². The van der Waals surface area contributed by atoms with Gasteiger partial charge in [-0.2, -0.15) is 4.98 Å². The van der Waals surface area contributed by atoms with Crippen LogP contribution in [0.1, 0.15) is 52.3 Å². The van der Waals surface area contributed by atoms with Gasteiger partial charge in [0.25, 0.3) is 0 Å². The van der Waals surface area contributed by atoms with Gasteiger partial charge in [0, 0.05) is 26.1 Å². The number of fused-ring (bicyclic) bond motifs is 1. The van der Waals surface area contributed by atoms with Crippen LogP contribution in [-0.4, -0.2) is 46.5 Å². The number of hydrogen-bond donors (Lipinski definition) is 0. The molecule has 10 heteroatoms. The SMILES string of the molecule is CCCCn1c(SCc2noc(C(C)(C)C)n2)nc2cc(S(=O)(=O)N(C)C)ccc21. The number of aromatic nitrogens is 4. The van der Waals surface area contributed by atoms with Crippen molar-refractivity contribution in [3.63, 3.8) is 0 Å². The van der Waals surface area contributed by atoms with Crippen LogP contribution in [0.25, 0.3) is 11.0 Å². The normalized spacial score (nSPS) is 12.9. The number of unbranched alkanes of at least 4 members (excludes halogenated alkanes) is 1. The van der Waals surface area contributed by atoms with Gasteiger partial charge >= 0.3 is 0 Å². The highest BCUT2D eigenvalue weighted by atomic mass is 32.2. The summed E-state index contributed by atoms with van der Waals surface area (Å²) in [6, 6.07) is 5.12. The zero-order valence-electron chi connectivity index (χ0n) is 18.3. The van der Waals surface area contributed by atoms with E-state index in [4.69, 9.17) is 9.51 Å². The summed E-state index contributed by atoms with van der Waals surface area (Å²) in [5, 5.41) is 4.90. The van der Waals surface area contributed by atoms with Gasteiger partial charge < -0.3 is 9.09 Å². The first kappa shape index (κ1) is 22.8. The molecule has 0 aliphatic rings. The fourth-order valence-electron chi connectivity index (χ4n) is 2.85. The van der Waals surface area contributed by atoms with Gasteiger partial charge in [-0.1, -0.05) is 51.0 Å². The number of benzene rings is 1. The molecule has 0 unspecified atom stereocenters. The fourth-order valence-corrected chi connectivity index (χ4v) is 4.65. The number of nitrogens with zero attached hydrogens (tertiary/aromatic N) is 5. The third-order valence-corrected chi connectivity index (χ3v) is 7.42. The highest BCUT2D eigenvalue weighted by Gasteiger charge is 2.23. The second kappa shape index (κ2) is 8.68. The van der Waals surface area contributed by atoms with E-state index in [1.165, 1.54) is 30.2 Å². The second-order valence-electron chi connectivity index (χ2n) is 8.39. The van der Waals surface area contributed by atoms with Gasteiger partial charge in [-0.3, -0.25) is 0 Å². The largest absolute Gasteiger partial charge is 0.339 e. The van der Waals surface area contributed by atoms with Gasteiger partial charge in [0.1, 0.15) is 0 Å². The van der Waals surface area contributed by atoms with Crippen LogP contribution in [0, 0.1) is 0 Å². The van der Waals surface area contributed by atoms with E-state index in [1.54, 1.807) is 12.1 Å². The summed E-state index contributed by atoms with van der Waals surface area (Å²) in [4.78, 5) is 9.45. The van der Waals surface area contributed by atoms with Crippen molar-refractivity contribution in [2.45, 2.75) is 68.3 Å². The fraction of sp³-hybridized carbons (Fsp3) is 0.550. The lowest BCUT2D eigenvalue weighted by Crippen LogP contribution is -2.22. The van der Waals surface area contributed by atoms with Crippen LogP contribution in [-0.2, 0) is 27.7 Å². The van der Waals surface area contributed by atoms with Crippen molar-refractivity contribution < 1.29 is 12.9 Å². The average molecular weight is 452 g/mol. The predicted octanol–water partition coefficient (Wildman–Crippen LogP) is 4.06. The Bertz CT molecular complexity index is 1130. The van der Waals surface area contributed by atoms with Crippen LogP contribution in [0.15, 0.2) is 32.8 Å². The van der Waals surface area contributed by atoms with Crippen LogP contribution in [0.5, 0.6) is 0 Å². The van der Waals surface area contributed by atoms with Crippen LogP contribution in [0.3, 0.4) is 0 Å². The summed E-state index contributed by atoms with van der Waals surface area (Å²) in [5.74, 6) is 1.75. The first-order chi connectivity index (χ1) is 14.0. The molecule has 0 fully saturated rings. The van der Waals surface area contributed by atoms with E-state index in [1.807, 2.05) is 26.8 Å². The minimum atomic E-state index is -3.51. The molecule has 0 bridgehead atoms. The average Bonchev–Trinajstić information content (AvgIpc) is 3.28. The van der Waals surface area contributed by atoms with Crippen molar-refractivity contribution in [2.24, 2.45) is 0 Å². The van der Waals surface area contributed by atoms with Crippen LogP contribution in [0.4, 0.5) is 0 Å². The molecule has 0 N–H and O–H groups in total. The lowest BCUT2D eigenvalue weighted by Gasteiger charge is -2.11. The zero-order valence-corrected chi connectivity index (χ0v) is 20.0. The highest BCUT2D eigenvalue weighted by molar-refractivity contribution is 7.98. The standard InChI is InChI=1S/C20H29N5O3S2/c1-7-8-11-25-16-10-9-14(30(26,27)24(5)6)12-15(16)21-19(25)29-13-17-22-18(28-23-17)20(2,3)4/h9-10,12H,7-8,11,13H2,1-6H3. The summed E-state index contributed by atoms with van der Waals surface area (Å²) >= 11 is 1.53. The maximum atomic E-state index is 12.5. The maximum absolute atomic E-state index is 12.5. The molecule has 0 saturated heterocycles. The molecule has 0 atom stereocenters. The Hall–Kier alpha value is -1.91. The second-order valence-corrected chi connectivity index (χ2v) is 11.5. The number of sulfonamides is 1. The number of hydrogen-bond acceptors (Lipinski definition) is 7. The summed E-state index contributed by atoms with van der Waals surface area (Å²) in [7, 11) is -0.460. The molecular weight excluding hydrogens is 422 g/mol. The summed E-state index contributed by atoms with van der Waals surface area (Å²) in [6.07, 6.45) is 2.06. The summed E-state index contributed by atoms with van der Waals surface area (Å²) < 4.78 is 33.7. The molecule has 0 aliphatic carbocycles. The Morgan fingerprint density at radius 2 is 1.93 bits per heavy atom. The zero-order chi connectivity index (χ0) is 22.1. The molecule has 30 heavy (non-hydrogen) atoms. The van der Waals surface area contributed by atoms with Gasteiger partial charge in [-0.25, -0.2) is 17.7 Å². The summed E-state index contributed by atoms with van der Waals surface area (Å²) in [6.45, 7) is 9.04. The predicted molar refractivity (Wildman–Crippen MR) is 118 cm³/mol. The first-order valence-electron chi connectivity index (χ1n) is 9.92. The third-order valence-electron chi connectivity index (χ3n) is 4.64. The van der Waals surface area contributed by atoms with E-state index in [2.05, 4.69) is 21.6 Å². The first-order valence-corrected chi connectivity index (χ1v) is 12.3. The van der Waals surface area contributed by atoms with E-state index in [-0.39, 0.29) is 10.3 Å². The molecule has 3 rings (SSSR count). The molecular formula is C20H29N5O3S2. The van der Waals surface area contributed by atoms with Crippen molar-refractivity contribution in [2.75, 3.05) is 14.1 Å². The Labute approximate surface area is 182 Å². The van der Waals surface area contributed by atoms with Crippen molar-refractivity contribution in [1.29, 1.82) is 0 Å². The monoisotopic (exact) mass is 451 g/mol. The number of rotatable bonds is 8. The van der Waals surface area contributed by atoms with Crippen molar-refractivity contribution in [3.8, 4) is 0 Å². The molecule has 3 aromatic rings. The van der Waals surface area contributed by atoms with Crippen molar-refractivity contribution in [1.82, 2.24) is 24.0 Å². The molecule has 0 radical (unpaired) electrons. The minimum Gasteiger partial charge on any atom is -0.339 e. The molecule has 2 heterocycles. The lowest BCUT2D eigenvalue weighted by atomic mass is 9.97. The molecule has 1 aromatic carbocycles. The van der Waals surface area contributed by atoms with E-state index in [0.717, 1.165) is 30.1 Å². The van der Waals surface area contributed by atoms with Crippen molar-refractivity contribution >= 4 is 32.8 Å². The van der Waals surface area contributed by atoms with Crippen LogP contribution < -0.4 is 0 Å². The number of imidazole rings is 1. The molecule has 0 saturated carbocycles. The van der Waals surface area contributed by atoms with Gasteiger partial charge in [0.2, 0.25) is 15.9 Å². The van der Waals surface area contributed by atoms with Gasteiger partial charge in [-0.15, -0.1) is 0 Å². The number of thioether (sulfide) groups is 1. The third kappa shape index (κ3) is 4.70. The molecule has 164 valence electrons. The highest BCUT2D eigenvalue weighted by Crippen LogP contribution is 2.29. The Kier molecular flexibility index (Phi) is 6.59. The quantitative estimate of drug-likeness (QED) is 0.477. The Morgan fingerprint density at radius 1 is 1.20 bits per heavy atom. The van der Waals surface area contributed by atoms with Gasteiger partial charge in [0.05, 0.1) is 21.7 Å². The molecule has 8 nitrogen and oxygen atoms in total. The molecule has 0 spiro atoms.